The van der Waals surface area contributed by atoms with E-state index in [9.17, 15) is 0 Å². The first-order valence-corrected chi connectivity index (χ1v) is 8.00. The summed E-state index contributed by atoms with van der Waals surface area (Å²) in [7, 11) is 3.96. The zero-order chi connectivity index (χ0) is 16.2. The fourth-order valence-corrected chi connectivity index (χ4v) is 2.83. The Balaban J connectivity index is 1.50. The molecule has 0 aliphatic carbocycles. The van der Waals surface area contributed by atoms with Crippen molar-refractivity contribution in [2.45, 2.75) is 32.4 Å². The van der Waals surface area contributed by atoms with Crippen LogP contribution in [0.3, 0.4) is 0 Å². The number of anilines is 2. The summed E-state index contributed by atoms with van der Waals surface area (Å²) in [5, 5.41) is 7.47. The van der Waals surface area contributed by atoms with Crippen LogP contribution in [0.4, 0.5) is 11.6 Å². The van der Waals surface area contributed by atoms with Crippen molar-refractivity contribution >= 4 is 11.6 Å². The molecule has 3 rings (SSSR count). The first-order chi connectivity index (χ1) is 11.1. The van der Waals surface area contributed by atoms with Gasteiger partial charge in [0, 0.05) is 45.4 Å². The smallest absolute Gasteiger partial charge is 0.150 e. The van der Waals surface area contributed by atoms with Crippen LogP contribution in [-0.2, 0) is 6.54 Å². The highest BCUT2D eigenvalue weighted by Gasteiger charge is 2.20. The van der Waals surface area contributed by atoms with Gasteiger partial charge in [0.25, 0.3) is 0 Å². The van der Waals surface area contributed by atoms with Crippen molar-refractivity contribution in [1.29, 1.82) is 0 Å². The van der Waals surface area contributed by atoms with Gasteiger partial charge in [0.2, 0.25) is 0 Å². The number of rotatable bonds is 5. The van der Waals surface area contributed by atoms with E-state index in [1.165, 1.54) is 0 Å². The SMILES string of the molecule is Cc1cc(CN2CCC(Nc3cc(N(C)C)ncn3)CC2)on1. The molecule has 0 amide bonds. The van der Waals surface area contributed by atoms with Gasteiger partial charge < -0.3 is 14.7 Å². The molecule has 0 atom stereocenters. The molecule has 7 heteroatoms. The number of likely N-dealkylation sites (tertiary alicyclic amines) is 1. The average Bonchev–Trinajstić information content (AvgIpc) is 2.94. The maximum absolute atomic E-state index is 5.30. The summed E-state index contributed by atoms with van der Waals surface area (Å²) >= 11 is 0. The molecule has 0 aromatic carbocycles. The average molecular weight is 316 g/mol. The molecule has 1 aliphatic heterocycles. The van der Waals surface area contributed by atoms with Crippen LogP contribution in [0.25, 0.3) is 0 Å². The predicted octanol–water partition coefficient (Wildman–Crippen LogP) is 1.92. The first kappa shape index (κ1) is 15.7. The first-order valence-electron chi connectivity index (χ1n) is 8.00. The fraction of sp³-hybridized carbons (Fsp3) is 0.562. The minimum Gasteiger partial charge on any atom is -0.367 e. The largest absolute Gasteiger partial charge is 0.367 e. The highest BCUT2D eigenvalue weighted by Crippen LogP contribution is 2.19. The summed E-state index contributed by atoms with van der Waals surface area (Å²) in [5.74, 6) is 2.76. The van der Waals surface area contributed by atoms with Crippen LogP contribution < -0.4 is 10.2 Å². The van der Waals surface area contributed by atoms with Crippen molar-refractivity contribution < 1.29 is 4.52 Å². The van der Waals surface area contributed by atoms with Crippen LogP contribution in [0.1, 0.15) is 24.3 Å². The zero-order valence-corrected chi connectivity index (χ0v) is 14.0. The number of aryl methyl sites for hydroxylation is 1. The molecule has 23 heavy (non-hydrogen) atoms. The van der Waals surface area contributed by atoms with Crippen molar-refractivity contribution in [2.24, 2.45) is 0 Å². The number of nitrogens with one attached hydrogen (secondary N) is 1. The number of aromatic nitrogens is 3. The van der Waals surface area contributed by atoms with Crippen LogP contribution in [0.15, 0.2) is 23.0 Å². The number of hydrogen-bond donors (Lipinski definition) is 1. The van der Waals surface area contributed by atoms with Gasteiger partial charge in [-0.05, 0) is 19.8 Å². The predicted molar refractivity (Wildman–Crippen MR) is 89.5 cm³/mol. The van der Waals surface area contributed by atoms with Gasteiger partial charge >= 0.3 is 0 Å². The van der Waals surface area contributed by atoms with E-state index in [4.69, 9.17) is 4.52 Å². The van der Waals surface area contributed by atoms with E-state index >= 15 is 0 Å². The van der Waals surface area contributed by atoms with E-state index in [0.29, 0.717) is 6.04 Å². The third kappa shape index (κ3) is 4.19. The van der Waals surface area contributed by atoms with E-state index in [1.807, 2.05) is 38.1 Å². The molecule has 3 heterocycles. The van der Waals surface area contributed by atoms with Crippen LogP contribution >= 0.6 is 0 Å². The number of hydrogen-bond acceptors (Lipinski definition) is 7. The quantitative estimate of drug-likeness (QED) is 0.903. The molecule has 0 radical (unpaired) electrons. The molecule has 0 bridgehead atoms. The summed E-state index contributed by atoms with van der Waals surface area (Å²) in [5.41, 5.74) is 0.942. The van der Waals surface area contributed by atoms with Crippen LogP contribution in [-0.4, -0.2) is 53.3 Å². The van der Waals surface area contributed by atoms with Gasteiger partial charge in [-0.1, -0.05) is 5.16 Å². The van der Waals surface area contributed by atoms with E-state index in [1.54, 1.807) is 6.33 Å². The molecule has 124 valence electrons. The van der Waals surface area contributed by atoms with Crippen LogP contribution in [0, 0.1) is 6.92 Å². The van der Waals surface area contributed by atoms with E-state index in [0.717, 1.165) is 55.6 Å². The minimum atomic E-state index is 0.452. The molecule has 1 N–H and O–H groups in total. The summed E-state index contributed by atoms with van der Waals surface area (Å²) in [6, 6.07) is 4.45. The fourth-order valence-electron chi connectivity index (χ4n) is 2.83. The van der Waals surface area contributed by atoms with E-state index in [-0.39, 0.29) is 0 Å². The Bertz CT molecular complexity index is 633. The Morgan fingerprint density at radius 1 is 1.26 bits per heavy atom. The summed E-state index contributed by atoms with van der Waals surface area (Å²) < 4.78 is 5.30. The summed E-state index contributed by atoms with van der Waals surface area (Å²) in [6.45, 7) is 4.88. The second-order valence-electron chi connectivity index (χ2n) is 6.29. The third-order valence-corrected chi connectivity index (χ3v) is 4.11. The monoisotopic (exact) mass is 316 g/mol. The summed E-state index contributed by atoms with van der Waals surface area (Å²) in [6.07, 6.45) is 3.79. The second kappa shape index (κ2) is 6.95. The molecule has 0 saturated carbocycles. The lowest BCUT2D eigenvalue weighted by atomic mass is 10.0. The van der Waals surface area contributed by atoms with Crippen molar-refractivity contribution in [2.75, 3.05) is 37.4 Å². The molecular weight excluding hydrogens is 292 g/mol. The molecule has 0 spiro atoms. The zero-order valence-electron chi connectivity index (χ0n) is 14.0. The Kier molecular flexibility index (Phi) is 4.76. The van der Waals surface area contributed by atoms with Gasteiger partial charge in [0.15, 0.2) is 5.76 Å². The number of piperidine rings is 1. The van der Waals surface area contributed by atoms with Gasteiger partial charge in [0.05, 0.1) is 12.2 Å². The van der Waals surface area contributed by atoms with E-state index < -0.39 is 0 Å². The molecule has 0 unspecified atom stereocenters. The molecule has 1 aliphatic rings. The normalized spacial score (nSPS) is 16.5. The van der Waals surface area contributed by atoms with E-state index in [2.05, 4.69) is 25.3 Å². The standard InChI is InChI=1S/C16H24N6O/c1-12-8-14(23-20-12)10-22-6-4-13(5-7-22)19-15-9-16(21(2)3)18-11-17-15/h8-9,11,13H,4-7,10H2,1-3H3,(H,17,18,19). The van der Waals surface area contributed by atoms with Crippen molar-refractivity contribution in [3.05, 3.63) is 29.9 Å². The molecule has 7 nitrogen and oxygen atoms in total. The van der Waals surface area contributed by atoms with Gasteiger partial charge in [-0.15, -0.1) is 0 Å². The topological polar surface area (TPSA) is 70.3 Å². The van der Waals surface area contributed by atoms with Crippen molar-refractivity contribution in [3.8, 4) is 0 Å². The second-order valence-corrected chi connectivity index (χ2v) is 6.29. The lowest BCUT2D eigenvalue weighted by molar-refractivity contribution is 0.189. The highest BCUT2D eigenvalue weighted by atomic mass is 16.5. The lowest BCUT2D eigenvalue weighted by Gasteiger charge is -2.31. The van der Waals surface area contributed by atoms with Gasteiger partial charge in [-0.3, -0.25) is 4.90 Å². The lowest BCUT2D eigenvalue weighted by Crippen LogP contribution is -2.38. The van der Waals surface area contributed by atoms with Gasteiger partial charge in [0.1, 0.15) is 18.0 Å². The van der Waals surface area contributed by atoms with Crippen LogP contribution in [0.2, 0.25) is 0 Å². The maximum Gasteiger partial charge on any atom is 0.150 e. The third-order valence-electron chi connectivity index (χ3n) is 4.11. The van der Waals surface area contributed by atoms with Gasteiger partial charge in [-0.2, -0.15) is 0 Å². The highest BCUT2D eigenvalue weighted by molar-refractivity contribution is 5.47. The van der Waals surface area contributed by atoms with Gasteiger partial charge in [-0.25, -0.2) is 9.97 Å². The molecule has 2 aromatic heterocycles. The molecule has 1 saturated heterocycles. The molecular formula is C16H24N6O. The molecule has 2 aromatic rings. The van der Waals surface area contributed by atoms with Crippen molar-refractivity contribution in [3.63, 3.8) is 0 Å². The van der Waals surface area contributed by atoms with Crippen LogP contribution in [0.5, 0.6) is 0 Å². The number of nitrogens with zero attached hydrogens (tertiary/aromatic N) is 5. The molecule has 1 fully saturated rings. The minimum absolute atomic E-state index is 0.452. The Labute approximate surface area is 136 Å². The maximum atomic E-state index is 5.30. The Hall–Kier alpha value is -2.15. The Morgan fingerprint density at radius 2 is 2.04 bits per heavy atom. The van der Waals surface area contributed by atoms with Crippen molar-refractivity contribution in [1.82, 2.24) is 20.0 Å². The summed E-state index contributed by atoms with van der Waals surface area (Å²) in [4.78, 5) is 12.9. The Morgan fingerprint density at radius 3 is 2.70 bits per heavy atom.